The van der Waals surface area contributed by atoms with Crippen LogP contribution in [0.25, 0.3) is 0 Å². The van der Waals surface area contributed by atoms with Crippen LogP contribution in [-0.2, 0) is 0 Å². The SMILES string of the molecule is COc1cccc(C(=O)NCC(c2cccs2)N2CCCCC2)c1.Cl. The minimum atomic E-state index is -0.0486. The van der Waals surface area contributed by atoms with Crippen molar-refractivity contribution in [3.05, 3.63) is 52.2 Å². The summed E-state index contributed by atoms with van der Waals surface area (Å²) in [5, 5.41) is 5.21. The van der Waals surface area contributed by atoms with Crippen molar-refractivity contribution in [1.82, 2.24) is 10.2 Å². The monoisotopic (exact) mass is 380 g/mol. The number of ether oxygens (including phenoxy) is 1. The van der Waals surface area contributed by atoms with Crippen molar-refractivity contribution in [3.8, 4) is 5.75 Å². The lowest BCUT2D eigenvalue weighted by molar-refractivity contribution is 0.0925. The van der Waals surface area contributed by atoms with Crippen LogP contribution in [0.15, 0.2) is 41.8 Å². The smallest absolute Gasteiger partial charge is 0.251 e. The van der Waals surface area contributed by atoms with Crippen molar-refractivity contribution in [2.24, 2.45) is 0 Å². The van der Waals surface area contributed by atoms with Crippen LogP contribution in [0.5, 0.6) is 5.75 Å². The van der Waals surface area contributed by atoms with Gasteiger partial charge in [-0.15, -0.1) is 23.7 Å². The molecule has 1 N–H and O–H groups in total. The number of nitrogens with one attached hydrogen (secondary N) is 1. The van der Waals surface area contributed by atoms with Gasteiger partial charge in [-0.2, -0.15) is 0 Å². The van der Waals surface area contributed by atoms with E-state index in [2.05, 4.69) is 27.7 Å². The number of likely N-dealkylation sites (tertiary alicyclic amines) is 1. The summed E-state index contributed by atoms with van der Waals surface area (Å²) >= 11 is 1.77. The molecule has 0 saturated carbocycles. The van der Waals surface area contributed by atoms with E-state index in [1.54, 1.807) is 24.5 Å². The molecule has 0 aliphatic carbocycles. The quantitative estimate of drug-likeness (QED) is 0.819. The molecule has 1 saturated heterocycles. The van der Waals surface area contributed by atoms with Crippen LogP contribution in [0.1, 0.15) is 40.5 Å². The summed E-state index contributed by atoms with van der Waals surface area (Å²) < 4.78 is 5.20. The van der Waals surface area contributed by atoms with Gasteiger partial charge in [-0.1, -0.05) is 18.6 Å². The molecule has 3 rings (SSSR count). The fourth-order valence-corrected chi connectivity index (χ4v) is 4.04. The Morgan fingerprint density at radius 2 is 2.04 bits per heavy atom. The highest BCUT2D eigenvalue weighted by molar-refractivity contribution is 7.10. The van der Waals surface area contributed by atoms with Gasteiger partial charge in [0.1, 0.15) is 5.75 Å². The number of methoxy groups -OCH3 is 1. The van der Waals surface area contributed by atoms with Crippen LogP contribution in [0.3, 0.4) is 0 Å². The molecule has 6 heteroatoms. The minimum Gasteiger partial charge on any atom is -0.497 e. The van der Waals surface area contributed by atoms with E-state index < -0.39 is 0 Å². The highest BCUT2D eigenvalue weighted by Gasteiger charge is 2.23. The van der Waals surface area contributed by atoms with E-state index in [1.165, 1.54) is 24.1 Å². The maximum absolute atomic E-state index is 12.5. The number of carbonyl (C=O) groups is 1. The molecule has 136 valence electrons. The molecule has 1 atom stereocenters. The number of nitrogens with zero attached hydrogens (tertiary/aromatic N) is 1. The van der Waals surface area contributed by atoms with Crippen LogP contribution >= 0.6 is 23.7 Å². The van der Waals surface area contributed by atoms with Crippen molar-refractivity contribution in [1.29, 1.82) is 0 Å². The summed E-state index contributed by atoms with van der Waals surface area (Å²) in [6.07, 6.45) is 3.79. The van der Waals surface area contributed by atoms with Gasteiger partial charge in [-0.3, -0.25) is 9.69 Å². The highest BCUT2D eigenvalue weighted by atomic mass is 35.5. The van der Waals surface area contributed by atoms with Crippen molar-refractivity contribution in [3.63, 3.8) is 0 Å². The minimum absolute atomic E-state index is 0. The fourth-order valence-electron chi connectivity index (χ4n) is 3.18. The Hall–Kier alpha value is -1.56. The maximum atomic E-state index is 12.5. The zero-order chi connectivity index (χ0) is 16.8. The van der Waals surface area contributed by atoms with E-state index in [-0.39, 0.29) is 24.4 Å². The highest BCUT2D eigenvalue weighted by Crippen LogP contribution is 2.27. The van der Waals surface area contributed by atoms with E-state index in [4.69, 9.17) is 4.74 Å². The van der Waals surface area contributed by atoms with Crippen LogP contribution in [0, 0.1) is 0 Å². The van der Waals surface area contributed by atoms with Gasteiger partial charge < -0.3 is 10.1 Å². The van der Waals surface area contributed by atoms with Crippen LogP contribution < -0.4 is 10.1 Å². The van der Waals surface area contributed by atoms with Crippen molar-refractivity contribution in [2.75, 3.05) is 26.7 Å². The molecule has 2 aromatic rings. The molecule has 1 fully saturated rings. The number of piperidine rings is 1. The predicted molar refractivity (Wildman–Crippen MR) is 105 cm³/mol. The number of hydrogen-bond acceptors (Lipinski definition) is 4. The third kappa shape index (κ3) is 5.21. The molecular weight excluding hydrogens is 356 g/mol. The Labute approximate surface area is 159 Å². The van der Waals surface area contributed by atoms with E-state index in [0.29, 0.717) is 17.9 Å². The van der Waals surface area contributed by atoms with Gasteiger partial charge in [0.2, 0.25) is 0 Å². The van der Waals surface area contributed by atoms with E-state index >= 15 is 0 Å². The molecule has 1 aromatic carbocycles. The van der Waals surface area contributed by atoms with Crippen molar-refractivity contribution < 1.29 is 9.53 Å². The van der Waals surface area contributed by atoms with Crippen molar-refractivity contribution >= 4 is 29.7 Å². The fraction of sp³-hybridized carbons (Fsp3) is 0.421. The summed E-state index contributed by atoms with van der Waals surface area (Å²) in [6.45, 7) is 2.85. The average molecular weight is 381 g/mol. The van der Waals surface area contributed by atoms with Crippen LogP contribution in [0.4, 0.5) is 0 Å². The van der Waals surface area contributed by atoms with Gasteiger partial charge in [0.15, 0.2) is 0 Å². The molecule has 1 aromatic heterocycles. The Kier molecular flexibility index (Phi) is 7.75. The topological polar surface area (TPSA) is 41.6 Å². The summed E-state index contributed by atoms with van der Waals surface area (Å²) in [7, 11) is 1.61. The molecular formula is C19H25ClN2O2S. The number of thiophene rings is 1. The lowest BCUT2D eigenvalue weighted by Crippen LogP contribution is -2.40. The maximum Gasteiger partial charge on any atom is 0.251 e. The summed E-state index contributed by atoms with van der Waals surface area (Å²) in [6, 6.07) is 11.8. The Bertz CT molecular complexity index is 657. The number of amides is 1. The molecule has 1 aliphatic heterocycles. The summed E-state index contributed by atoms with van der Waals surface area (Å²) in [4.78, 5) is 16.3. The van der Waals surface area contributed by atoms with Gasteiger partial charge in [0.25, 0.3) is 5.91 Å². The van der Waals surface area contributed by atoms with E-state index in [0.717, 1.165) is 13.1 Å². The van der Waals surface area contributed by atoms with E-state index in [9.17, 15) is 4.79 Å². The Balaban J connectivity index is 0.00000225. The van der Waals surface area contributed by atoms with Gasteiger partial charge in [-0.05, 0) is 55.6 Å². The molecule has 0 bridgehead atoms. The molecule has 0 radical (unpaired) electrons. The zero-order valence-electron chi connectivity index (χ0n) is 14.4. The van der Waals surface area contributed by atoms with Gasteiger partial charge in [0.05, 0.1) is 13.2 Å². The molecule has 0 spiro atoms. The second kappa shape index (κ2) is 9.80. The largest absolute Gasteiger partial charge is 0.497 e. The first-order valence-electron chi connectivity index (χ1n) is 8.47. The average Bonchev–Trinajstić information content (AvgIpc) is 3.17. The molecule has 1 amide bonds. The molecule has 25 heavy (non-hydrogen) atoms. The number of halogens is 1. The van der Waals surface area contributed by atoms with E-state index in [1.807, 2.05) is 18.2 Å². The molecule has 2 heterocycles. The van der Waals surface area contributed by atoms with Gasteiger partial charge in [-0.25, -0.2) is 0 Å². The van der Waals surface area contributed by atoms with Crippen molar-refractivity contribution in [2.45, 2.75) is 25.3 Å². The predicted octanol–water partition coefficient (Wildman–Crippen LogP) is 4.14. The molecule has 4 nitrogen and oxygen atoms in total. The first-order valence-corrected chi connectivity index (χ1v) is 9.35. The lowest BCUT2D eigenvalue weighted by Gasteiger charge is -2.34. The molecule has 1 unspecified atom stereocenters. The second-order valence-corrected chi connectivity index (χ2v) is 7.05. The lowest BCUT2D eigenvalue weighted by atomic mass is 10.1. The normalized spacial score (nSPS) is 15.9. The second-order valence-electron chi connectivity index (χ2n) is 6.07. The number of hydrogen-bond donors (Lipinski definition) is 1. The van der Waals surface area contributed by atoms with Crippen LogP contribution in [-0.4, -0.2) is 37.6 Å². The standard InChI is InChI=1S/C19H24N2O2S.ClH/c1-23-16-8-5-7-15(13-16)19(22)20-14-17(18-9-6-12-24-18)21-10-3-2-4-11-21;/h5-9,12-13,17H,2-4,10-11,14H2,1H3,(H,20,22);1H. The summed E-state index contributed by atoms with van der Waals surface area (Å²) in [5.41, 5.74) is 0.637. The first-order chi connectivity index (χ1) is 11.8. The van der Waals surface area contributed by atoms with Gasteiger partial charge in [0, 0.05) is 17.0 Å². The first kappa shape index (κ1) is 19.8. The number of carbonyl (C=O) groups excluding carboxylic acids is 1. The molecule has 1 aliphatic rings. The third-order valence-electron chi connectivity index (χ3n) is 4.49. The number of benzene rings is 1. The Morgan fingerprint density at radius 1 is 1.24 bits per heavy atom. The third-order valence-corrected chi connectivity index (χ3v) is 5.46. The summed E-state index contributed by atoms with van der Waals surface area (Å²) in [5.74, 6) is 0.654. The van der Waals surface area contributed by atoms with Gasteiger partial charge >= 0.3 is 0 Å². The van der Waals surface area contributed by atoms with Crippen LogP contribution in [0.2, 0.25) is 0 Å². The zero-order valence-corrected chi connectivity index (χ0v) is 16.1. The Morgan fingerprint density at radius 3 is 2.72 bits per heavy atom. The number of rotatable bonds is 6.